The summed E-state index contributed by atoms with van der Waals surface area (Å²) in [6.45, 7) is 3.77. The predicted molar refractivity (Wildman–Crippen MR) is 95.0 cm³/mol. The van der Waals surface area contributed by atoms with Crippen LogP contribution in [0.3, 0.4) is 0 Å². The highest BCUT2D eigenvalue weighted by molar-refractivity contribution is 5.68. The summed E-state index contributed by atoms with van der Waals surface area (Å²) in [7, 11) is 0. The first-order valence-electron chi connectivity index (χ1n) is 8.81. The minimum Gasteiger partial charge on any atom is -0.474 e. The molecule has 0 unspecified atom stereocenters. The molecule has 0 aliphatic carbocycles. The average molecular weight is 355 g/mol. The quantitative estimate of drug-likeness (QED) is 0.904. The van der Waals surface area contributed by atoms with Gasteiger partial charge in [0.15, 0.2) is 0 Å². The molecule has 26 heavy (non-hydrogen) atoms. The molecule has 4 heterocycles. The van der Waals surface area contributed by atoms with E-state index in [0.717, 1.165) is 35.7 Å². The van der Waals surface area contributed by atoms with E-state index in [4.69, 9.17) is 9.84 Å². The molecular formula is C18H21N5O3. The highest BCUT2D eigenvalue weighted by Gasteiger charge is 2.27. The summed E-state index contributed by atoms with van der Waals surface area (Å²) in [4.78, 5) is 27.8. The van der Waals surface area contributed by atoms with Crippen molar-refractivity contribution in [2.24, 2.45) is 0 Å². The number of pyridine rings is 1. The second-order valence-electron chi connectivity index (χ2n) is 6.59. The molecular weight excluding hydrogens is 334 g/mol. The number of amides is 1. The Morgan fingerprint density at radius 1 is 1.23 bits per heavy atom. The van der Waals surface area contributed by atoms with Gasteiger partial charge in [0.1, 0.15) is 18.2 Å². The molecule has 1 saturated heterocycles. The first-order valence-corrected chi connectivity index (χ1v) is 8.81. The minimum absolute atomic E-state index is 0.0282. The van der Waals surface area contributed by atoms with Gasteiger partial charge in [-0.25, -0.2) is 14.8 Å². The fourth-order valence-electron chi connectivity index (χ4n) is 3.57. The molecule has 1 fully saturated rings. The summed E-state index contributed by atoms with van der Waals surface area (Å²) in [5, 5.41) is 9.05. The van der Waals surface area contributed by atoms with Crippen molar-refractivity contribution in [1.29, 1.82) is 0 Å². The molecule has 2 aromatic heterocycles. The highest BCUT2D eigenvalue weighted by atomic mass is 16.5. The van der Waals surface area contributed by atoms with Crippen LogP contribution in [-0.2, 0) is 6.42 Å². The first kappa shape index (κ1) is 16.6. The molecule has 0 aromatic carbocycles. The predicted octanol–water partition coefficient (Wildman–Crippen LogP) is 2.40. The molecule has 1 N–H and O–H groups in total. The van der Waals surface area contributed by atoms with Gasteiger partial charge in [0.2, 0.25) is 5.88 Å². The molecule has 4 rings (SSSR count). The Hall–Kier alpha value is -2.90. The van der Waals surface area contributed by atoms with E-state index < -0.39 is 6.09 Å². The number of anilines is 2. The van der Waals surface area contributed by atoms with Crippen LogP contribution in [0.2, 0.25) is 0 Å². The molecule has 0 saturated carbocycles. The fraction of sp³-hybridized carbons (Fsp3) is 0.444. The topological polar surface area (TPSA) is 91.7 Å². The van der Waals surface area contributed by atoms with Gasteiger partial charge in [-0.1, -0.05) is 0 Å². The van der Waals surface area contributed by atoms with E-state index >= 15 is 0 Å². The number of hydrogen-bond acceptors (Lipinski definition) is 6. The van der Waals surface area contributed by atoms with Crippen LogP contribution in [0, 0.1) is 6.92 Å². The number of ether oxygens (including phenoxy) is 1. The van der Waals surface area contributed by atoms with Gasteiger partial charge >= 0.3 is 6.09 Å². The molecule has 2 aliphatic heterocycles. The Morgan fingerprint density at radius 2 is 2.04 bits per heavy atom. The molecule has 0 atom stereocenters. The lowest BCUT2D eigenvalue weighted by atomic mass is 10.1. The number of aromatic nitrogens is 3. The van der Waals surface area contributed by atoms with Gasteiger partial charge in [0.05, 0.1) is 16.9 Å². The van der Waals surface area contributed by atoms with Crippen LogP contribution in [0.15, 0.2) is 24.7 Å². The fourth-order valence-corrected chi connectivity index (χ4v) is 3.57. The Morgan fingerprint density at radius 3 is 2.81 bits per heavy atom. The Labute approximate surface area is 151 Å². The monoisotopic (exact) mass is 355 g/mol. The van der Waals surface area contributed by atoms with Crippen LogP contribution in [0.5, 0.6) is 5.88 Å². The molecule has 8 heteroatoms. The van der Waals surface area contributed by atoms with Gasteiger partial charge in [0.25, 0.3) is 0 Å². The Kier molecular flexibility index (Phi) is 4.32. The van der Waals surface area contributed by atoms with Crippen molar-refractivity contribution < 1.29 is 14.6 Å². The van der Waals surface area contributed by atoms with Crippen LogP contribution in [0.25, 0.3) is 0 Å². The normalized spacial score (nSPS) is 17.3. The first-order chi connectivity index (χ1) is 12.6. The van der Waals surface area contributed by atoms with Crippen molar-refractivity contribution in [3.05, 3.63) is 35.9 Å². The summed E-state index contributed by atoms with van der Waals surface area (Å²) in [5.41, 5.74) is 3.05. The maximum absolute atomic E-state index is 11.0. The van der Waals surface area contributed by atoms with E-state index in [-0.39, 0.29) is 6.10 Å². The third-order valence-electron chi connectivity index (χ3n) is 4.99. The van der Waals surface area contributed by atoms with E-state index in [1.54, 1.807) is 0 Å². The van der Waals surface area contributed by atoms with Crippen molar-refractivity contribution in [1.82, 2.24) is 19.9 Å². The summed E-state index contributed by atoms with van der Waals surface area (Å²) in [6.07, 6.45) is 4.67. The van der Waals surface area contributed by atoms with Crippen LogP contribution in [0.1, 0.15) is 24.1 Å². The second kappa shape index (κ2) is 6.78. The van der Waals surface area contributed by atoms with Gasteiger partial charge in [-0.3, -0.25) is 4.98 Å². The van der Waals surface area contributed by atoms with E-state index in [9.17, 15) is 4.79 Å². The number of likely N-dealkylation sites (tertiary alicyclic amines) is 1. The summed E-state index contributed by atoms with van der Waals surface area (Å²) in [5.74, 6) is 1.41. The number of hydrogen-bond donors (Lipinski definition) is 1. The minimum atomic E-state index is -0.870. The standard InChI is InChI=1S/C18H21N5O3/c1-12-16(23-10-6-14-15(23)3-2-7-19-14)20-11-21-17(12)26-13-4-8-22(9-5-13)18(24)25/h2-3,7,11,13H,4-6,8-10H2,1H3,(H,24,25). The van der Waals surface area contributed by atoms with Gasteiger partial charge in [-0.05, 0) is 19.1 Å². The average Bonchev–Trinajstić information content (AvgIpc) is 3.08. The molecule has 136 valence electrons. The lowest BCUT2D eigenvalue weighted by molar-refractivity contribution is 0.0866. The largest absolute Gasteiger partial charge is 0.474 e. The highest BCUT2D eigenvalue weighted by Crippen LogP contribution is 2.35. The SMILES string of the molecule is Cc1c(OC2CCN(C(=O)O)CC2)ncnc1N1CCc2ncccc21. The number of fused-ring (bicyclic) bond motifs is 1. The maximum Gasteiger partial charge on any atom is 0.407 e. The number of carbonyl (C=O) groups is 1. The molecule has 0 spiro atoms. The van der Waals surface area contributed by atoms with E-state index in [1.165, 1.54) is 11.2 Å². The van der Waals surface area contributed by atoms with Gasteiger partial charge < -0.3 is 19.6 Å². The van der Waals surface area contributed by atoms with Gasteiger partial charge in [0, 0.05) is 45.1 Å². The zero-order valence-corrected chi connectivity index (χ0v) is 14.6. The Balaban J connectivity index is 1.51. The van der Waals surface area contributed by atoms with Gasteiger partial charge in [-0.2, -0.15) is 0 Å². The molecule has 1 amide bonds. The molecule has 0 radical (unpaired) electrons. The number of carboxylic acid groups (broad SMARTS) is 1. The van der Waals surface area contributed by atoms with Crippen molar-refractivity contribution in [3.63, 3.8) is 0 Å². The summed E-state index contributed by atoms with van der Waals surface area (Å²) < 4.78 is 6.09. The smallest absolute Gasteiger partial charge is 0.407 e. The van der Waals surface area contributed by atoms with Crippen molar-refractivity contribution in [3.8, 4) is 5.88 Å². The third kappa shape index (κ3) is 3.02. The number of nitrogens with zero attached hydrogens (tertiary/aromatic N) is 5. The van der Waals surface area contributed by atoms with Crippen LogP contribution < -0.4 is 9.64 Å². The van der Waals surface area contributed by atoms with Gasteiger partial charge in [-0.15, -0.1) is 0 Å². The van der Waals surface area contributed by atoms with Crippen LogP contribution in [0.4, 0.5) is 16.3 Å². The molecule has 0 bridgehead atoms. The number of piperidine rings is 1. The van der Waals surface area contributed by atoms with Crippen LogP contribution in [-0.4, -0.2) is 56.8 Å². The maximum atomic E-state index is 11.0. The van der Waals surface area contributed by atoms with E-state index in [2.05, 4.69) is 25.9 Å². The lowest BCUT2D eigenvalue weighted by Gasteiger charge is -2.30. The van der Waals surface area contributed by atoms with E-state index in [0.29, 0.717) is 31.8 Å². The summed E-state index contributed by atoms with van der Waals surface area (Å²) in [6, 6.07) is 3.99. The lowest BCUT2D eigenvalue weighted by Crippen LogP contribution is -2.41. The second-order valence-corrected chi connectivity index (χ2v) is 6.59. The van der Waals surface area contributed by atoms with Crippen LogP contribution >= 0.6 is 0 Å². The zero-order chi connectivity index (χ0) is 18.1. The molecule has 8 nitrogen and oxygen atoms in total. The van der Waals surface area contributed by atoms with Crippen molar-refractivity contribution >= 4 is 17.6 Å². The molecule has 2 aliphatic rings. The summed E-state index contributed by atoms with van der Waals surface area (Å²) >= 11 is 0. The zero-order valence-electron chi connectivity index (χ0n) is 14.6. The van der Waals surface area contributed by atoms with E-state index in [1.807, 2.05) is 19.2 Å². The third-order valence-corrected chi connectivity index (χ3v) is 4.99. The number of rotatable bonds is 3. The Bertz CT molecular complexity index is 820. The van der Waals surface area contributed by atoms with Crippen molar-refractivity contribution in [2.75, 3.05) is 24.5 Å². The van der Waals surface area contributed by atoms with Crippen molar-refractivity contribution in [2.45, 2.75) is 32.3 Å². The molecule has 2 aromatic rings.